The number of carbonyl (C=O) groups is 2. The molecule has 396 valence electrons. The molecular formula is C67H80N6O3. The van der Waals surface area contributed by atoms with E-state index in [0.717, 1.165) is 59.4 Å². The van der Waals surface area contributed by atoms with Crippen LogP contribution >= 0.6 is 0 Å². The van der Waals surface area contributed by atoms with Crippen molar-refractivity contribution in [2.24, 2.45) is 10.2 Å². The molecule has 8 rings (SSSR count). The number of anilines is 2. The Balaban J connectivity index is 0.000000190. The van der Waals surface area contributed by atoms with Crippen LogP contribution in [0.1, 0.15) is 106 Å². The summed E-state index contributed by atoms with van der Waals surface area (Å²) in [5.41, 5.74) is 16.7. The van der Waals surface area contributed by atoms with Crippen molar-refractivity contribution in [3.63, 3.8) is 0 Å². The molecule has 0 saturated carbocycles. The first-order chi connectivity index (χ1) is 36.3. The predicted octanol–water partition coefficient (Wildman–Crippen LogP) is 17.6. The number of carbonyl (C=O) groups excluding carboxylic acids is 2. The van der Waals surface area contributed by atoms with Crippen LogP contribution < -0.4 is 4.90 Å². The van der Waals surface area contributed by atoms with Crippen molar-refractivity contribution < 1.29 is 14.3 Å². The van der Waals surface area contributed by atoms with E-state index in [1.807, 2.05) is 112 Å². The lowest BCUT2D eigenvalue weighted by Gasteiger charge is -2.27. The average Bonchev–Trinajstić information content (AvgIpc) is 3.92. The lowest BCUT2D eigenvalue weighted by atomic mass is 10.0. The molecule has 0 aliphatic rings. The highest BCUT2D eigenvalue weighted by Gasteiger charge is 2.22. The molecule has 1 aromatic heterocycles. The third-order valence-corrected chi connectivity index (χ3v) is 12.3. The van der Waals surface area contributed by atoms with Crippen LogP contribution in [-0.2, 0) is 24.2 Å². The van der Waals surface area contributed by atoms with Crippen LogP contribution in [0.15, 0.2) is 193 Å². The summed E-state index contributed by atoms with van der Waals surface area (Å²) in [7, 11) is 2.09. The van der Waals surface area contributed by atoms with Crippen LogP contribution in [0.4, 0.5) is 27.5 Å². The number of rotatable bonds is 15. The number of hydrogen-bond donors (Lipinski definition) is 0. The number of Topliss-reactive ketones (excluding diaryl/α,β-unsaturated/α-hetero) is 1. The number of ether oxygens (including phenoxy) is 1. The Morgan fingerprint density at radius 3 is 1.38 bits per heavy atom. The van der Waals surface area contributed by atoms with Crippen molar-refractivity contribution in [3.8, 4) is 0 Å². The van der Waals surface area contributed by atoms with Crippen LogP contribution in [0.5, 0.6) is 0 Å². The number of imidazole rings is 1. The molecule has 0 fully saturated rings. The number of unbranched alkanes of at least 4 members (excludes halogenated alkanes) is 1. The number of ketones is 1. The van der Waals surface area contributed by atoms with Crippen molar-refractivity contribution in [3.05, 3.63) is 244 Å². The Hall–Kier alpha value is -7.91. The third kappa shape index (κ3) is 21.9. The van der Waals surface area contributed by atoms with Gasteiger partial charge in [-0.05, 0) is 167 Å². The summed E-state index contributed by atoms with van der Waals surface area (Å²) in [5.74, 6) is 0.248. The topological polar surface area (TPSA) is 92.4 Å². The van der Waals surface area contributed by atoms with Gasteiger partial charge in [-0.25, -0.2) is 9.78 Å². The van der Waals surface area contributed by atoms with Gasteiger partial charge in [0, 0.05) is 62.4 Å². The minimum Gasteiger partial charge on any atom is -0.444 e. The third-order valence-electron chi connectivity index (χ3n) is 12.3. The van der Waals surface area contributed by atoms with Gasteiger partial charge in [-0.1, -0.05) is 148 Å². The first kappa shape index (κ1) is 59.0. The summed E-state index contributed by atoms with van der Waals surface area (Å²) in [6.45, 7) is 24.3. The minimum absolute atomic E-state index is 0.248. The van der Waals surface area contributed by atoms with Crippen molar-refractivity contribution in [1.29, 1.82) is 0 Å². The lowest BCUT2D eigenvalue weighted by molar-refractivity contribution is 0.0235. The fourth-order valence-corrected chi connectivity index (χ4v) is 7.80. The number of hydrogen-bond acceptors (Lipinski definition) is 7. The van der Waals surface area contributed by atoms with Gasteiger partial charge in [0.25, 0.3) is 0 Å². The first-order valence-electron chi connectivity index (χ1n) is 26.4. The molecule has 0 bridgehead atoms. The van der Waals surface area contributed by atoms with Gasteiger partial charge >= 0.3 is 6.09 Å². The fraction of sp³-hybridized carbons (Fsp3) is 0.299. The largest absolute Gasteiger partial charge is 0.444 e. The van der Waals surface area contributed by atoms with Crippen LogP contribution in [0, 0.1) is 55.4 Å². The highest BCUT2D eigenvalue weighted by atomic mass is 16.6. The van der Waals surface area contributed by atoms with E-state index in [-0.39, 0.29) is 11.9 Å². The summed E-state index contributed by atoms with van der Waals surface area (Å²) in [5, 5.41) is 8.34. The molecule has 76 heavy (non-hydrogen) atoms. The van der Waals surface area contributed by atoms with Crippen LogP contribution in [-0.4, -0.2) is 45.5 Å². The maximum atomic E-state index is 12.6. The molecule has 0 aliphatic heterocycles. The minimum atomic E-state index is -0.494. The Bertz CT molecular complexity index is 2880. The average molecular weight is 1020 g/mol. The van der Waals surface area contributed by atoms with Gasteiger partial charge in [0.05, 0.1) is 17.7 Å². The molecule has 0 spiro atoms. The molecule has 0 saturated heterocycles. The molecule has 0 aliphatic carbocycles. The maximum absolute atomic E-state index is 12.6. The number of aryl methyl sites for hydroxylation is 9. The summed E-state index contributed by atoms with van der Waals surface area (Å²) in [4.78, 5) is 32.7. The smallest absolute Gasteiger partial charge is 0.410 e. The molecule has 9 nitrogen and oxygen atoms in total. The molecule has 0 N–H and O–H groups in total. The van der Waals surface area contributed by atoms with E-state index in [0.29, 0.717) is 19.5 Å². The van der Waals surface area contributed by atoms with Gasteiger partial charge in [0.2, 0.25) is 0 Å². The second-order valence-electron chi connectivity index (χ2n) is 20.8. The highest BCUT2D eigenvalue weighted by molar-refractivity contribution is 5.96. The summed E-state index contributed by atoms with van der Waals surface area (Å²) in [6.07, 6.45) is 8.64. The van der Waals surface area contributed by atoms with E-state index in [1.54, 1.807) is 11.1 Å². The highest BCUT2D eigenvalue weighted by Crippen LogP contribution is 2.24. The standard InChI is InChI=1S/C22H29NO2.C16H20N2O.C15H17N.C14H14N2/c1-17-6-10-19(11-7-17)14-15-23(21(24)25-22(3,4)5)16-20-12-8-18(2)9-13-20;1-13-9-14(2)11-15(10-13)16(19)5-3-4-7-18-8-6-17-12-18;1-12-4-8-14(9-5-12)16(3)15-10-6-13(2)7-11-15;1-11-3-7-13(8-4-11)15-16-14-9-5-12(2)6-10-14/h6-13H,14-16H2,1-5H3;6,8-12H,3-5,7H2,1-2H3;4-11H,1-3H3;3-10H,1-2H3. The first-order valence-corrected chi connectivity index (χ1v) is 26.4. The van der Waals surface area contributed by atoms with Crippen molar-refractivity contribution in [2.45, 2.75) is 121 Å². The Kier molecular flexibility index (Phi) is 23.2. The second-order valence-corrected chi connectivity index (χ2v) is 20.8. The zero-order valence-electron chi connectivity index (χ0n) is 47.2. The summed E-state index contributed by atoms with van der Waals surface area (Å²) < 4.78 is 7.63. The number of azo groups is 1. The van der Waals surface area contributed by atoms with E-state index in [4.69, 9.17) is 4.74 Å². The van der Waals surface area contributed by atoms with E-state index in [2.05, 4.69) is 172 Å². The summed E-state index contributed by atoms with van der Waals surface area (Å²) in [6, 6.07) is 55.9. The van der Waals surface area contributed by atoms with Crippen LogP contribution in [0.2, 0.25) is 0 Å². The van der Waals surface area contributed by atoms with Gasteiger partial charge in [0.15, 0.2) is 5.78 Å². The molecule has 0 unspecified atom stereocenters. The SMILES string of the molecule is Cc1cc(C)cc(C(=O)CCCCn2ccnc2)c1.Cc1ccc(CCN(Cc2ccc(C)cc2)C(=O)OC(C)(C)C)cc1.Cc1ccc(N(C)c2ccc(C)cc2)cc1.Cc1ccc(N=Nc2ccc(C)cc2)cc1. The number of benzene rings is 7. The normalized spacial score (nSPS) is 10.8. The second kappa shape index (κ2) is 29.8. The number of nitrogens with zero attached hydrogens (tertiary/aromatic N) is 6. The van der Waals surface area contributed by atoms with E-state index >= 15 is 0 Å². The van der Waals surface area contributed by atoms with Gasteiger partial charge in [-0.2, -0.15) is 10.2 Å². The maximum Gasteiger partial charge on any atom is 0.410 e. The molecule has 0 atom stereocenters. The predicted molar refractivity (Wildman–Crippen MR) is 316 cm³/mol. The zero-order chi connectivity index (χ0) is 55.0. The van der Waals surface area contributed by atoms with Crippen LogP contribution in [0.25, 0.3) is 0 Å². The molecular weight excluding hydrogens is 937 g/mol. The van der Waals surface area contributed by atoms with Crippen molar-refractivity contribution in [2.75, 3.05) is 18.5 Å². The quantitative estimate of drug-likeness (QED) is 0.0579. The summed E-state index contributed by atoms with van der Waals surface area (Å²) >= 11 is 0. The van der Waals surface area contributed by atoms with E-state index in [1.165, 1.54) is 50.3 Å². The molecule has 0 radical (unpaired) electrons. The van der Waals surface area contributed by atoms with E-state index in [9.17, 15) is 9.59 Å². The van der Waals surface area contributed by atoms with Crippen LogP contribution in [0.3, 0.4) is 0 Å². The van der Waals surface area contributed by atoms with Gasteiger partial charge in [-0.3, -0.25) is 4.79 Å². The van der Waals surface area contributed by atoms with Gasteiger partial charge < -0.3 is 19.1 Å². The van der Waals surface area contributed by atoms with Gasteiger partial charge in [-0.15, -0.1) is 0 Å². The number of aromatic nitrogens is 2. The molecule has 1 heterocycles. The Morgan fingerprint density at radius 1 is 0.539 bits per heavy atom. The van der Waals surface area contributed by atoms with E-state index < -0.39 is 5.60 Å². The fourth-order valence-electron chi connectivity index (χ4n) is 7.80. The Morgan fingerprint density at radius 2 is 0.961 bits per heavy atom. The van der Waals surface area contributed by atoms with Crippen molar-refractivity contribution in [1.82, 2.24) is 14.5 Å². The van der Waals surface area contributed by atoms with Crippen molar-refractivity contribution >= 4 is 34.6 Å². The molecule has 1 amide bonds. The Labute approximate surface area is 454 Å². The van der Waals surface area contributed by atoms with Gasteiger partial charge in [0.1, 0.15) is 5.60 Å². The zero-order valence-corrected chi connectivity index (χ0v) is 47.2. The lowest BCUT2D eigenvalue weighted by Crippen LogP contribution is -2.37. The molecule has 8 aromatic rings. The number of amides is 1. The molecule has 9 heteroatoms. The monoisotopic (exact) mass is 1020 g/mol. The molecule has 7 aromatic carbocycles.